The van der Waals surface area contributed by atoms with E-state index >= 15 is 0 Å². The summed E-state index contributed by atoms with van der Waals surface area (Å²) >= 11 is 3.45. The van der Waals surface area contributed by atoms with Crippen molar-refractivity contribution in [2.24, 2.45) is 0 Å². The molecule has 0 amide bonds. The van der Waals surface area contributed by atoms with E-state index in [1.807, 2.05) is 6.07 Å². The van der Waals surface area contributed by atoms with Crippen LogP contribution < -0.4 is 5.32 Å². The molecule has 0 radical (unpaired) electrons. The SMILES string of the molecule is CCCNC(CC)C(C)c1ccc(F)cc1Br. The summed E-state index contributed by atoms with van der Waals surface area (Å²) in [6.45, 7) is 7.57. The number of rotatable bonds is 6. The summed E-state index contributed by atoms with van der Waals surface area (Å²) in [5, 5.41) is 3.54. The first kappa shape index (κ1) is 14.7. The second-order valence-corrected chi connectivity index (χ2v) is 5.28. The van der Waals surface area contributed by atoms with Crippen LogP contribution in [0.4, 0.5) is 4.39 Å². The lowest BCUT2D eigenvalue weighted by atomic mass is 9.91. The van der Waals surface area contributed by atoms with Crippen LogP contribution in [0.25, 0.3) is 0 Å². The molecule has 0 aliphatic rings. The largest absolute Gasteiger partial charge is 0.313 e. The van der Waals surface area contributed by atoms with Crippen molar-refractivity contribution in [1.82, 2.24) is 5.32 Å². The molecule has 0 spiro atoms. The molecule has 1 nitrogen and oxygen atoms in total. The summed E-state index contributed by atoms with van der Waals surface area (Å²) in [6.07, 6.45) is 2.21. The summed E-state index contributed by atoms with van der Waals surface area (Å²) in [7, 11) is 0. The van der Waals surface area contributed by atoms with Crippen LogP contribution in [0, 0.1) is 5.82 Å². The Kier molecular flexibility index (Phi) is 6.14. The standard InChI is InChI=1S/C14H21BrFN/c1-4-8-17-14(5-2)10(3)12-7-6-11(16)9-13(12)15/h6-7,9-10,14,17H,4-5,8H2,1-3H3. The highest BCUT2D eigenvalue weighted by molar-refractivity contribution is 9.10. The predicted molar refractivity (Wildman–Crippen MR) is 74.9 cm³/mol. The molecule has 0 saturated heterocycles. The number of halogens is 2. The van der Waals surface area contributed by atoms with Gasteiger partial charge in [-0.2, -0.15) is 0 Å². The maximum Gasteiger partial charge on any atom is 0.124 e. The Bertz CT molecular complexity index is 354. The summed E-state index contributed by atoms with van der Waals surface area (Å²) in [4.78, 5) is 0. The quantitative estimate of drug-likeness (QED) is 0.817. The summed E-state index contributed by atoms with van der Waals surface area (Å²) < 4.78 is 13.9. The van der Waals surface area contributed by atoms with Gasteiger partial charge in [0.05, 0.1) is 0 Å². The van der Waals surface area contributed by atoms with E-state index < -0.39 is 0 Å². The topological polar surface area (TPSA) is 12.0 Å². The molecule has 0 heterocycles. The van der Waals surface area contributed by atoms with E-state index in [0.29, 0.717) is 12.0 Å². The first-order chi connectivity index (χ1) is 8.10. The van der Waals surface area contributed by atoms with Gasteiger partial charge in [0.1, 0.15) is 5.82 Å². The van der Waals surface area contributed by atoms with Crippen LogP contribution in [0.3, 0.4) is 0 Å². The zero-order valence-electron chi connectivity index (χ0n) is 10.8. The van der Waals surface area contributed by atoms with Crippen molar-refractivity contribution in [1.29, 1.82) is 0 Å². The molecule has 0 aromatic heterocycles. The maximum atomic E-state index is 13.1. The second kappa shape index (κ2) is 7.12. The third-order valence-corrected chi connectivity index (χ3v) is 3.84. The van der Waals surface area contributed by atoms with Crippen molar-refractivity contribution in [2.45, 2.75) is 45.6 Å². The predicted octanol–water partition coefficient (Wildman–Crippen LogP) is 4.47. The second-order valence-electron chi connectivity index (χ2n) is 4.42. The van der Waals surface area contributed by atoms with E-state index in [0.717, 1.165) is 23.9 Å². The molecular formula is C14H21BrFN. The minimum Gasteiger partial charge on any atom is -0.313 e. The molecule has 0 fully saturated rings. The molecule has 1 aromatic rings. The van der Waals surface area contributed by atoms with Gasteiger partial charge in [0, 0.05) is 10.5 Å². The highest BCUT2D eigenvalue weighted by Crippen LogP contribution is 2.29. The minimum atomic E-state index is -0.192. The molecule has 0 aliphatic carbocycles. The van der Waals surface area contributed by atoms with Gasteiger partial charge >= 0.3 is 0 Å². The van der Waals surface area contributed by atoms with Gasteiger partial charge < -0.3 is 5.32 Å². The van der Waals surface area contributed by atoms with Crippen LogP contribution >= 0.6 is 15.9 Å². The molecule has 2 unspecified atom stereocenters. The molecule has 1 rings (SSSR count). The maximum absolute atomic E-state index is 13.1. The molecule has 0 bridgehead atoms. The van der Waals surface area contributed by atoms with Gasteiger partial charge in [0.15, 0.2) is 0 Å². The van der Waals surface area contributed by atoms with Crippen molar-refractivity contribution in [3.05, 3.63) is 34.1 Å². The van der Waals surface area contributed by atoms with Gasteiger partial charge in [0.2, 0.25) is 0 Å². The summed E-state index contributed by atoms with van der Waals surface area (Å²) in [5.41, 5.74) is 1.17. The number of benzene rings is 1. The van der Waals surface area contributed by atoms with Crippen LogP contribution in [0.1, 0.15) is 45.1 Å². The van der Waals surface area contributed by atoms with Gasteiger partial charge in [0.25, 0.3) is 0 Å². The van der Waals surface area contributed by atoms with Crippen LogP contribution in [0.5, 0.6) is 0 Å². The molecular weight excluding hydrogens is 281 g/mol. The molecule has 0 saturated carbocycles. The number of hydrogen-bond acceptors (Lipinski definition) is 1. The highest BCUT2D eigenvalue weighted by atomic mass is 79.9. The first-order valence-electron chi connectivity index (χ1n) is 6.28. The van der Waals surface area contributed by atoms with Crippen molar-refractivity contribution < 1.29 is 4.39 Å². The third-order valence-electron chi connectivity index (χ3n) is 3.15. The normalized spacial score (nSPS) is 14.6. The Balaban J connectivity index is 2.81. The van der Waals surface area contributed by atoms with Gasteiger partial charge in [-0.25, -0.2) is 4.39 Å². The van der Waals surface area contributed by atoms with E-state index in [2.05, 4.69) is 42.0 Å². The molecule has 1 N–H and O–H groups in total. The zero-order valence-corrected chi connectivity index (χ0v) is 12.3. The van der Waals surface area contributed by atoms with E-state index in [-0.39, 0.29) is 5.82 Å². The summed E-state index contributed by atoms with van der Waals surface area (Å²) in [5.74, 6) is 0.184. The fourth-order valence-corrected chi connectivity index (χ4v) is 2.80. The van der Waals surface area contributed by atoms with Crippen LogP contribution in [-0.4, -0.2) is 12.6 Å². The Labute approximate surface area is 112 Å². The van der Waals surface area contributed by atoms with Gasteiger partial charge in [-0.05, 0) is 43.0 Å². The van der Waals surface area contributed by atoms with Crippen LogP contribution in [0.15, 0.2) is 22.7 Å². The van der Waals surface area contributed by atoms with E-state index in [1.165, 1.54) is 11.6 Å². The lowest BCUT2D eigenvalue weighted by molar-refractivity contribution is 0.437. The molecule has 96 valence electrons. The lowest BCUT2D eigenvalue weighted by Gasteiger charge is -2.25. The zero-order chi connectivity index (χ0) is 12.8. The smallest absolute Gasteiger partial charge is 0.124 e. The molecule has 17 heavy (non-hydrogen) atoms. The number of hydrogen-bond donors (Lipinski definition) is 1. The Morgan fingerprint density at radius 3 is 2.59 bits per heavy atom. The molecule has 1 aromatic carbocycles. The van der Waals surface area contributed by atoms with Gasteiger partial charge in [-0.15, -0.1) is 0 Å². The fourth-order valence-electron chi connectivity index (χ4n) is 2.09. The number of nitrogens with one attached hydrogen (secondary N) is 1. The average molecular weight is 302 g/mol. The van der Waals surface area contributed by atoms with Crippen LogP contribution in [0.2, 0.25) is 0 Å². The van der Waals surface area contributed by atoms with Crippen molar-refractivity contribution in [2.75, 3.05) is 6.54 Å². The monoisotopic (exact) mass is 301 g/mol. The Morgan fingerprint density at radius 1 is 1.35 bits per heavy atom. The van der Waals surface area contributed by atoms with Crippen LogP contribution in [-0.2, 0) is 0 Å². The van der Waals surface area contributed by atoms with Crippen molar-refractivity contribution >= 4 is 15.9 Å². The lowest BCUT2D eigenvalue weighted by Crippen LogP contribution is -2.33. The minimum absolute atomic E-state index is 0.192. The van der Waals surface area contributed by atoms with E-state index in [1.54, 1.807) is 6.07 Å². The van der Waals surface area contributed by atoms with Gasteiger partial charge in [-0.3, -0.25) is 0 Å². The highest BCUT2D eigenvalue weighted by Gasteiger charge is 2.18. The fraction of sp³-hybridized carbons (Fsp3) is 0.571. The molecule has 2 atom stereocenters. The molecule has 0 aliphatic heterocycles. The van der Waals surface area contributed by atoms with Crippen molar-refractivity contribution in [3.63, 3.8) is 0 Å². The average Bonchev–Trinajstić information content (AvgIpc) is 2.29. The third kappa shape index (κ3) is 4.07. The Morgan fingerprint density at radius 2 is 2.06 bits per heavy atom. The Hall–Kier alpha value is -0.410. The van der Waals surface area contributed by atoms with Gasteiger partial charge in [-0.1, -0.05) is 42.8 Å². The van der Waals surface area contributed by atoms with E-state index in [9.17, 15) is 4.39 Å². The van der Waals surface area contributed by atoms with Crippen molar-refractivity contribution in [3.8, 4) is 0 Å². The van der Waals surface area contributed by atoms with E-state index in [4.69, 9.17) is 0 Å². The molecule has 3 heteroatoms. The summed E-state index contributed by atoms with van der Waals surface area (Å²) in [6, 6.07) is 5.39. The first-order valence-corrected chi connectivity index (χ1v) is 7.07.